The zero-order valence-corrected chi connectivity index (χ0v) is 10.8. The predicted molar refractivity (Wildman–Crippen MR) is 66.2 cm³/mol. The minimum Gasteiger partial charge on any atom is -0.381 e. The molecule has 0 aromatic carbocycles. The summed E-state index contributed by atoms with van der Waals surface area (Å²) in [6.07, 6.45) is 9.20. The molecule has 92 valence electrons. The fourth-order valence-electron chi connectivity index (χ4n) is 1.01. The van der Waals surface area contributed by atoms with Crippen molar-refractivity contribution >= 4 is 6.29 Å². The summed E-state index contributed by atoms with van der Waals surface area (Å²) in [5.74, 6) is 0. The number of aldehydes is 1. The highest BCUT2D eigenvalue weighted by molar-refractivity contribution is 5.48. The summed E-state index contributed by atoms with van der Waals surface area (Å²) >= 11 is 0. The first-order chi connectivity index (χ1) is 7.33. The van der Waals surface area contributed by atoms with Gasteiger partial charge in [0, 0.05) is 19.6 Å². The van der Waals surface area contributed by atoms with Gasteiger partial charge in [0.15, 0.2) is 0 Å². The quantitative estimate of drug-likeness (QED) is 0.430. The van der Waals surface area contributed by atoms with Crippen molar-refractivity contribution in [1.29, 1.82) is 0 Å². The first-order valence-corrected chi connectivity index (χ1v) is 6.34. The number of carbonyl (C=O) groups excluding carboxylic acids is 1. The number of ether oxygens (including phenoxy) is 1. The molecule has 0 aliphatic heterocycles. The molecule has 0 rings (SSSR count). The highest BCUT2D eigenvalue weighted by atomic mass is 16.5. The van der Waals surface area contributed by atoms with Gasteiger partial charge in [0.1, 0.15) is 6.29 Å². The third-order valence-corrected chi connectivity index (χ3v) is 1.95. The maximum absolute atomic E-state index is 9.17. The molecule has 0 atom stereocenters. The topological polar surface area (TPSA) is 26.3 Å². The van der Waals surface area contributed by atoms with Crippen molar-refractivity contribution in [3.05, 3.63) is 0 Å². The van der Waals surface area contributed by atoms with E-state index in [9.17, 15) is 4.79 Å². The van der Waals surface area contributed by atoms with Crippen molar-refractivity contribution in [3.63, 3.8) is 0 Å². The minimum absolute atomic E-state index is 0.639. The van der Waals surface area contributed by atoms with Gasteiger partial charge >= 0.3 is 0 Å². The van der Waals surface area contributed by atoms with E-state index >= 15 is 0 Å². The molecule has 2 heteroatoms. The molecule has 0 aromatic rings. The molecular weight excluding hydrogens is 188 g/mol. The first-order valence-electron chi connectivity index (χ1n) is 6.34. The molecule has 0 aliphatic rings. The molecule has 0 fully saturated rings. The lowest BCUT2D eigenvalue weighted by Gasteiger charge is -2.01. The second kappa shape index (κ2) is 19.2. The lowest BCUT2D eigenvalue weighted by Crippen LogP contribution is -1.96. The van der Waals surface area contributed by atoms with Crippen LogP contribution in [0, 0.1) is 0 Å². The zero-order chi connectivity index (χ0) is 11.8. The van der Waals surface area contributed by atoms with E-state index < -0.39 is 0 Å². The lowest BCUT2D eigenvalue weighted by atomic mass is 10.2. The molecule has 0 unspecified atom stereocenters. The average molecular weight is 216 g/mol. The van der Waals surface area contributed by atoms with Crippen molar-refractivity contribution in [1.82, 2.24) is 0 Å². The molecule has 15 heavy (non-hydrogen) atoms. The van der Waals surface area contributed by atoms with Crippen molar-refractivity contribution in [2.24, 2.45) is 0 Å². The largest absolute Gasteiger partial charge is 0.381 e. The van der Waals surface area contributed by atoms with E-state index in [-0.39, 0.29) is 0 Å². The van der Waals surface area contributed by atoms with Crippen LogP contribution in [0.5, 0.6) is 0 Å². The van der Waals surface area contributed by atoms with Crippen LogP contribution in [0.15, 0.2) is 0 Å². The van der Waals surface area contributed by atoms with Crippen LogP contribution in [0.4, 0.5) is 0 Å². The third kappa shape index (κ3) is 24.8. The van der Waals surface area contributed by atoms with Gasteiger partial charge in [0.05, 0.1) is 0 Å². The van der Waals surface area contributed by atoms with E-state index in [1.807, 2.05) is 6.92 Å². The van der Waals surface area contributed by atoms with Gasteiger partial charge in [-0.25, -0.2) is 0 Å². The maximum Gasteiger partial charge on any atom is 0.119 e. The van der Waals surface area contributed by atoms with E-state index in [1.54, 1.807) is 0 Å². The third-order valence-electron chi connectivity index (χ3n) is 1.95. The molecule has 0 saturated heterocycles. The summed E-state index contributed by atoms with van der Waals surface area (Å²) in [4.78, 5) is 9.17. The Morgan fingerprint density at radius 1 is 0.867 bits per heavy atom. The summed E-state index contributed by atoms with van der Waals surface area (Å²) in [5, 5.41) is 0. The van der Waals surface area contributed by atoms with Gasteiger partial charge in [-0.05, 0) is 12.8 Å². The molecule has 0 radical (unpaired) electrons. The van der Waals surface area contributed by atoms with Crippen molar-refractivity contribution in [3.8, 4) is 0 Å². The Labute approximate surface area is 95.4 Å². The molecule has 0 spiro atoms. The Hall–Kier alpha value is -0.370. The predicted octanol–water partition coefficient (Wildman–Crippen LogP) is 3.98. The summed E-state index contributed by atoms with van der Waals surface area (Å²) < 4.78 is 5.44. The second-order valence-electron chi connectivity index (χ2n) is 3.60. The molecule has 2 nitrogen and oxygen atoms in total. The lowest BCUT2D eigenvalue weighted by molar-refractivity contribution is -0.107. The van der Waals surface area contributed by atoms with E-state index in [0.717, 1.165) is 19.5 Å². The Kier molecular flexibility index (Phi) is 21.9. The molecule has 0 saturated carbocycles. The van der Waals surface area contributed by atoms with E-state index in [1.165, 1.54) is 38.5 Å². The fraction of sp³-hybridized carbons (Fsp3) is 0.923. The SMILES string of the molecule is CCC=O.CCCCCOCCCCC. The molecule has 0 aromatic heterocycles. The first kappa shape index (κ1) is 17.0. The highest BCUT2D eigenvalue weighted by Crippen LogP contribution is 1.97. The summed E-state index contributed by atoms with van der Waals surface area (Å²) in [6, 6.07) is 0. The summed E-state index contributed by atoms with van der Waals surface area (Å²) in [6.45, 7) is 8.19. The van der Waals surface area contributed by atoms with Crippen LogP contribution in [0.1, 0.15) is 65.7 Å². The van der Waals surface area contributed by atoms with E-state index in [2.05, 4.69) is 13.8 Å². The van der Waals surface area contributed by atoms with Gasteiger partial charge in [0.25, 0.3) is 0 Å². The van der Waals surface area contributed by atoms with Gasteiger partial charge in [-0.1, -0.05) is 46.5 Å². The minimum atomic E-state index is 0.639. The normalized spacial score (nSPS) is 9.27. The molecular formula is C13H28O2. The fourth-order valence-corrected chi connectivity index (χ4v) is 1.01. The van der Waals surface area contributed by atoms with Crippen LogP contribution in [-0.4, -0.2) is 19.5 Å². The number of hydrogen-bond donors (Lipinski definition) is 0. The van der Waals surface area contributed by atoms with Gasteiger partial charge in [-0.2, -0.15) is 0 Å². The smallest absolute Gasteiger partial charge is 0.119 e. The van der Waals surface area contributed by atoms with Gasteiger partial charge in [0.2, 0.25) is 0 Å². The molecule has 0 N–H and O–H groups in total. The molecule has 0 amide bonds. The van der Waals surface area contributed by atoms with Crippen LogP contribution >= 0.6 is 0 Å². The Bertz CT molecular complexity index is 94.7. The van der Waals surface area contributed by atoms with Gasteiger partial charge in [-0.15, -0.1) is 0 Å². The molecule has 0 heterocycles. The Morgan fingerprint density at radius 3 is 1.53 bits per heavy atom. The van der Waals surface area contributed by atoms with Gasteiger partial charge in [-0.3, -0.25) is 0 Å². The van der Waals surface area contributed by atoms with E-state index in [4.69, 9.17) is 4.74 Å². The maximum atomic E-state index is 9.17. The standard InChI is InChI=1S/C10H22O.C3H6O/c1-3-5-7-9-11-10-8-6-4-2;1-2-3-4/h3-10H2,1-2H3;3H,2H2,1H3. The number of carbonyl (C=O) groups is 1. The van der Waals surface area contributed by atoms with Crippen LogP contribution < -0.4 is 0 Å². The van der Waals surface area contributed by atoms with Crippen LogP contribution in [0.25, 0.3) is 0 Å². The van der Waals surface area contributed by atoms with Crippen molar-refractivity contribution in [2.75, 3.05) is 13.2 Å². The zero-order valence-electron chi connectivity index (χ0n) is 10.8. The number of hydrogen-bond acceptors (Lipinski definition) is 2. The van der Waals surface area contributed by atoms with Crippen molar-refractivity contribution in [2.45, 2.75) is 65.7 Å². The van der Waals surface area contributed by atoms with Gasteiger partial charge < -0.3 is 9.53 Å². The van der Waals surface area contributed by atoms with Crippen molar-refractivity contribution < 1.29 is 9.53 Å². The van der Waals surface area contributed by atoms with Crippen LogP contribution in [0.2, 0.25) is 0 Å². The number of unbranched alkanes of at least 4 members (excludes halogenated alkanes) is 4. The summed E-state index contributed by atoms with van der Waals surface area (Å²) in [5.41, 5.74) is 0. The Balaban J connectivity index is 0. The molecule has 0 aliphatic carbocycles. The van der Waals surface area contributed by atoms with E-state index in [0.29, 0.717) is 6.42 Å². The Morgan fingerprint density at radius 2 is 1.27 bits per heavy atom. The molecule has 0 bridgehead atoms. The van der Waals surface area contributed by atoms with Crippen LogP contribution in [-0.2, 0) is 9.53 Å². The second-order valence-corrected chi connectivity index (χ2v) is 3.60. The van der Waals surface area contributed by atoms with Crippen LogP contribution in [0.3, 0.4) is 0 Å². The average Bonchev–Trinajstić information content (AvgIpc) is 2.28. The highest BCUT2D eigenvalue weighted by Gasteiger charge is 1.88. The number of rotatable bonds is 9. The summed E-state index contributed by atoms with van der Waals surface area (Å²) in [7, 11) is 0. The monoisotopic (exact) mass is 216 g/mol.